The lowest BCUT2D eigenvalue weighted by Crippen LogP contribution is -2.27. The number of hydrogen-bond donors (Lipinski definition) is 1. The van der Waals surface area contributed by atoms with Gasteiger partial charge in [0.15, 0.2) is 0 Å². The van der Waals surface area contributed by atoms with Crippen molar-refractivity contribution in [3.8, 4) is 0 Å². The Morgan fingerprint density at radius 1 is 1.12 bits per heavy atom. The van der Waals surface area contributed by atoms with Gasteiger partial charge in [-0.05, 0) is 6.07 Å². The Balaban J connectivity index is 2.69. The van der Waals surface area contributed by atoms with Crippen molar-refractivity contribution in [2.75, 3.05) is 5.84 Å². The molecule has 2 N–H and O–H groups in total. The van der Waals surface area contributed by atoms with E-state index in [0.29, 0.717) is 10.9 Å². The molecule has 0 saturated heterocycles. The minimum Gasteiger partial charge on any atom is -0.335 e. The molecule has 0 aliphatic carbocycles. The predicted molar refractivity (Wildman–Crippen MR) is 61.5 cm³/mol. The van der Waals surface area contributed by atoms with Crippen LogP contribution in [-0.2, 0) is 0 Å². The molecule has 0 saturated carbocycles. The molecule has 0 amide bonds. The first-order chi connectivity index (χ1) is 7.77. The van der Waals surface area contributed by atoms with Gasteiger partial charge in [0.05, 0.1) is 22.6 Å². The van der Waals surface area contributed by atoms with Crippen molar-refractivity contribution < 1.29 is 0 Å². The molecule has 3 rings (SSSR count). The average molecular weight is 212 g/mol. The summed E-state index contributed by atoms with van der Waals surface area (Å²) in [4.78, 5) is 20.2. The molecule has 0 aliphatic rings. The van der Waals surface area contributed by atoms with Crippen molar-refractivity contribution in [1.29, 1.82) is 0 Å². The lowest BCUT2D eigenvalue weighted by Gasteiger charge is -2.03. The Kier molecular flexibility index (Phi) is 1.67. The first-order valence-electron chi connectivity index (χ1n) is 4.77. The van der Waals surface area contributed by atoms with E-state index in [2.05, 4.69) is 9.97 Å². The normalized spacial score (nSPS) is 11.0. The molecule has 2 heterocycles. The lowest BCUT2D eigenvalue weighted by atomic mass is 10.1. The second-order valence-electron chi connectivity index (χ2n) is 3.49. The highest BCUT2D eigenvalue weighted by Crippen LogP contribution is 2.17. The molecule has 0 aliphatic heterocycles. The van der Waals surface area contributed by atoms with Gasteiger partial charge in [-0.3, -0.25) is 9.78 Å². The number of nitrogens with two attached hydrogens (primary N) is 1. The van der Waals surface area contributed by atoms with Crippen molar-refractivity contribution in [2.45, 2.75) is 0 Å². The second-order valence-corrected chi connectivity index (χ2v) is 3.49. The zero-order valence-corrected chi connectivity index (χ0v) is 8.29. The lowest BCUT2D eigenvalue weighted by molar-refractivity contribution is 0.914. The van der Waals surface area contributed by atoms with Gasteiger partial charge in [-0.1, -0.05) is 18.2 Å². The van der Waals surface area contributed by atoms with E-state index < -0.39 is 0 Å². The summed E-state index contributed by atoms with van der Waals surface area (Å²) in [7, 11) is 0. The summed E-state index contributed by atoms with van der Waals surface area (Å²) in [5, 5.41) is 1.29. The molecule has 0 spiro atoms. The van der Waals surface area contributed by atoms with Gasteiger partial charge >= 0.3 is 0 Å². The zero-order chi connectivity index (χ0) is 11.1. The summed E-state index contributed by atoms with van der Waals surface area (Å²) in [6, 6.07) is 7.42. The smallest absolute Gasteiger partial charge is 0.280 e. The molecular weight excluding hydrogens is 204 g/mol. The van der Waals surface area contributed by atoms with Crippen LogP contribution in [0.4, 0.5) is 0 Å². The first kappa shape index (κ1) is 8.84. The summed E-state index contributed by atoms with van der Waals surface area (Å²) in [5.41, 5.74) is 1.06. The number of nitrogens with zero attached hydrogens (tertiary/aromatic N) is 3. The van der Waals surface area contributed by atoms with Crippen LogP contribution in [0, 0.1) is 0 Å². The van der Waals surface area contributed by atoms with Crippen LogP contribution in [0.2, 0.25) is 0 Å². The van der Waals surface area contributed by atoms with Crippen molar-refractivity contribution in [1.82, 2.24) is 14.6 Å². The van der Waals surface area contributed by atoms with E-state index in [9.17, 15) is 4.79 Å². The summed E-state index contributed by atoms with van der Waals surface area (Å²) in [6.45, 7) is 0. The molecule has 2 aromatic heterocycles. The van der Waals surface area contributed by atoms with Crippen LogP contribution < -0.4 is 11.4 Å². The molecule has 16 heavy (non-hydrogen) atoms. The molecule has 0 radical (unpaired) electrons. The van der Waals surface area contributed by atoms with Gasteiger partial charge in [0.25, 0.3) is 5.56 Å². The van der Waals surface area contributed by atoms with Crippen LogP contribution >= 0.6 is 0 Å². The molecule has 5 heteroatoms. The van der Waals surface area contributed by atoms with E-state index in [0.717, 1.165) is 15.6 Å². The number of hydrogen-bond acceptors (Lipinski definition) is 4. The van der Waals surface area contributed by atoms with E-state index in [1.165, 1.54) is 6.33 Å². The summed E-state index contributed by atoms with van der Waals surface area (Å²) in [5.74, 6) is 5.50. The highest BCUT2D eigenvalue weighted by atomic mass is 16.1. The summed E-state index contributed by atoms with van der Waals surface area (Å²) in [6.07, 6.45) is 2.88. The van der Waals surface area contributed by atoms with Crippen LogP contribution in [0.15, 0.2) is 41.6 Å². The van der Waals surface area contributed by atoms with E-state index in [1.807, 2.05) is 24.3 Å². The summed E-state index contributed by atoms with van der Waals surface area (Å²) < 4.78 is 0.981. The van der Waals surface area contributed by atoms with E-state index in [4.69, 9.17) is 5.84 Å². The van der Waals surface area contributed by atoms with Crippen LogP contribution in [-0.4, -0.2) is 14.6 Å². The quantitative estimate of drug-likeness (QED) is 0.439. The Bertz CT molecular complexity index is 748. The van der Waals surface area contributed by atoms with Gasteiger partial charge in [0.2, 0.25) is 0 Å². The minimum absolute atomic E-state index is 0.261. The van der Waals surface area contributed by atoms with Crippen LogP contribution in [0.5, 0.6) is 0 Å². The fraction of sp³-hybridized carbons (Fsp3) is 0. The Labute approximate surface area is 90.1 Å². The number of aromatic nitrogens is 3. The molecule has 0 unspecified atom stereocenters. The number of fused-ring (bicyclic) bond motifs is 3. The largest absolute Gasteiger partial charge is 0.335 e. The summed E-state index contributed by atoms with van der Waals surface area (Å²) >= 11 is 0. The first-order valence-corrected chi connectivity index (χ1v) is 4.77. The third-order valence-electron chi connectivity index (χ3n) is 2.53. The molecular formula is C11H8N4O. The maximum Gasteiger partial charge on any atom is 0.280 e. The van der Waals surface area contributed by atoms with Crippen LogP contribution in [0.25, 0.3) is 21.8 Å². The zero-order valence-electron chi connectivity index (χ0n) is 8.29. The fourth-order valence-corrected chi connectivity index (χ4v) is 1.76. The van der Waals surface area contributed by atoms with Crippen molar-refractivity contribution >= 4 is 21.8 Å². The molecule has 0 bridgehead atoms. The number of nitrogen functional groups attached to an aromatic ring is 1. The van der Waals surface area contributed by atoms with Gasteiger partial charge in [-0.2, -0.15) is 0 Å². The van der Waals surface area contributed by atoms with E-state index >= 15 is 0 Å². The standard InChI is InChI=1S/C11H8N4O/c12-15-6-14-9-5-13-8-4-2-1-3-7(8)10(9)11(15)16/h1-6H,12H2. The molecule has 78 valence electrons. The highest BCUT2D eigenvalue weighted by Gasteiger charge is 2.07. The third-order valence-corrected chi connectivity index (χ3v) is 2.53. The van der Waals surface area contributed by atoms with Gasteiger partial charge in [0, 0.05) is 5.39 Å². The maximum atomic E-state index is 11.9. The molecule has 1 aromatic carbocycles. The third kappa shape index (κ3) is 1.08. The Morgan fingerprint density at radius 3 is 2.81 bits per heavy atom. The molecule has 0 atom stereocenters. The van der Waals surface area contributed by atoms with Gasteiger partial charge in [0.1, 0.15) is 6.33 Å². The van der Waals surface area contributed by atoms with E-state index in [-0.39, 0.29) is 5.56 Å². The topological polar surface area (TPSA) is 73.8 Å². The second kappa shape index (κ2) is 3.03. The monoisotopic (exact) mass is 212 g/mol. The fourth-order valence-electron chi connectivity index (χ4n) is 1.76. The van der Waals surface area contributed by atoms with Gasteiger partial charge < -0.3 is 5.84 Å². The SMILES string of the molecule is Nn1cnc2cnc3ccccc3c2c1=O. The molecule has 3 aromatic rings. The maximum absolute atomic E-state index is 11.9. The number of benzene rings is 1. The molecule has 0 fully saturated rings. The van der Waals surface area contributed by atoms with Crippen molar-refractivity contribution in [2.24, 2.45) is 0 Å². The predicted octanol–water partition coefficient (Wildman–Crippen LogP) is 0.658. The number of pyridine rings is 1. The van der Waals surface area contributed by atoms with Crippen molar-refractivity contribution in [3.05, 3.63) is 47.1 Å². The highest BCUT2D eigenvalue weighted by molar-refractivity contribution is 6.03. The average Bonchev–Trinajstić information content (AvgIpc) is 2.33. The Morgan fingerprint density at radius 2 is 1.94 bits per heavy atom. The van der Waals surface area contributed by atoms with Crippen molar-refractivity contribution in [3.63, 3.8) is 0 Å². The Hall–Kier alpha value is -2.43. The minimum atomic E-state index is -0.261. The number of para-hydroxylation sites is 1. The molecule has 5 nitrogen and oxygen atoms in total. The van der Waals surface area contributed by atoms with E-state index in [1.54, 1.807) is 6.20 Å². The van der Waals surface area contributed by atoms with Gasteiger partial charge in [-0.25, -0.2) is 9.66 Å². The van der Waals surface area contributed by atoms with Gasteiger partial charge in [-0.15, -0.1) is 0 Å². The van der Waals surface area contributed by atoms with Crippen LogP contribution in [0.3, 0.4) is 0 Å². The number of rotatable bonds is 0. The van der Waals surface area contributed by atoms with Crippen LogP contribution in [0.1, 0.15) is 0 Å².